The number of hydrogen-bond acceptors (Lipinski definition) is 3. The molecule has 4 aliphatic heterocycles. The van der Waals surface area contributed by atoms with E-state index in [-0.39, 0.29) is 0 Å². The number of hydrogen-bond donors (Lipinski definition) is 0. The van der Waals surface area contributed by atoms with Crippen molar-refractivity contribution in [2.24, 2.45) is 11.8 Å². The van der Waals surface area contributed by atoms with Crippen LogP contribution >= 0.6 is 0 Å². The van der Waals surface area contributed by atoms with E-state index in [4.69, 9.17) is 0 Å². The molecule has 4 aliphatic rings. The molecule has 0 aliphatic carbocycles. The molecule has 4 rings (SSSR count). The van der Waals surface area contributed by atoms with Gasteiger partial charge in [-0.1, -0.05) is 12.8 Å². The lowest BCUT2D eigenvalue weighted by Gasteiger charge is -2.55. The molecule has 0 N–H and O–H groups in total. The van der Waals surface area contributed by atoms with Crippen LogP contribution in [0.1, 0.15) is 38.5 Å². The van der Waals surface area contributed by atoms with Crippen molar-refractivity contribution in [3.8, 4) is 0 Å². The molecule has 3 heteroatoms. The fourth-order valence-corrected chi connectivity index (χ4v) is 4.98. The van der Waals surface area contributed by atoms with Crippen LogP contribution in [-0.2, 0) is 4.79 Å². The van der Waals surface area contributed by atoms with Gasteiger partial charge in [0.1, 0.15) is 5.78 Å². The Morgan fingerprint density at radius 2 is 1.28 bits per heavy atom. The molecule has 0 saturated carbocycles. The molecule has 0 spiro atoms. The molecule has 100 valence electrons. The predicted molar refractivity (Wildman–Crippen MR) is 70.4 cm³/mol. The number of rotatable bonds is 0. The molecule has 0 aromatic heterocycles. The SMILES string of the molecule is O=C1C2CN3CCCCC3C1CN1CCCCC21. The molecule has 18 heavy (non-hydrogen) atoms. The van der Waals surface area contributed by atoms with E-state index in [1.54, 1.807) is 0 Å². The van der Waals surface area contributed by atoms with Crippen molar-refractivity contribution in [1.82, 2.24) is 9.80 Å². The van der Waals surface area contributed by atoms with Gasteiger partial charge < -0.3 is 0 Å². The smallest absolute Gasteiger partial charge is 0.144 e. The van der Waals surface area contributed by atoms with Crippen LogP contribution in [-0.4, -0.2) is 53.8 Å². The van der Waals surface area contributed by atoms with E-state index < -0.39 is 0 Å². The average Bonchev–Trinajstić information content (AvgIpc) is 2.40. The van der Waals surface area contributed by atoms with E-state index in [2.05, 4.69) is 9.80 Å². The summed E-state index contributed by atoms with van der Waals surface area (Å²) in [5.41, 5.74) is 0. The number of nitrogens with zero attached hydrogens (tertiary/aromatic N) is 2. The van der Waals surface area contributed by atoms with E-state index in [1.165, 1.54) is 51.6 Å². The highest BCUT2D eigenvalue weighted by molar-refractivity contribution is 5.87. The van der Waals surface area contributed by atoms with E-state index in [1.807, 2.05) is 0 Å². The zero-order chi connectivity index (χ0) is 12.1. The maximum Gasteiger partial charge on any atom is 0.144 e. The van der Waals surface area contributed by atoms with Crippen molar-refractivity contribution >= 4 is 5.78 Å². The van der Waals surface area contributed by atoms with Gasteiger partial charge in [0.25, 0.3) is 0 Å². The number of carbonyl (C=O) groups is 1. The molecule has 4 saturated heterocycles. The van der Waals surface area contributed by atoms with Gasteiger partial charge in [0.05, 0.1) is 0 Å². The normalized spacial score (nSPS) is 45.4. The molecule has 4 atom stereocenters. The molecule has 4 heterocycles. The first-order chi connectivity index (χ1) is 8.84. The second-order valence-corrected chi connectivity index (χ2v) is 6.73. The number of fused-ring (bicyclic) bond motifs is 6. The standard InChI is InChI=1S/C15H24N2O/c18-15-11-9-17-8-4-2-6-14(17)12(15)10-16-7-3-1-5-13(11)16/h11-14H,1-10H2. The molecule has 0 aromatic carbocycles. The highest BCUT2D eigenvalue weighted by Gasteiger charge is 2.51. The van der Waals surface area contributed by atoms with Crippen LogP contribution in [0.25, 0.3) is 0 Å². The van der Waals surface area contributed by atoms with Gasteiger partial charge in [-0.15, -0.1) is 0 Å². The van der Waals surface area contributed by atoms with Gasteiger partial charge in [-0.2, -0.15) is 0 Å². The van der Waals surface area contributed by atoms with Gasteiger partial charge in [0.2, 0.25) is 0 Å². The Hall–Kier alpha value is -0.410. The summed E-state index contributed by atoms with van der Waals surface area (Å²) in [7, 11) is 0. The Morgan fingerprint density at radius 3 is 1.78 bits per heavy atom. The van der Waals surface area contributed by atoms with Crippen LogP contribution in [0.2, 0.25) is 0 Å². The Labute approximate surface area is 110 Å². The van der Waals surface area contributed by atoms with Crippen LogP contribution in [0.4, 0.5) is 0 Å². The highest BCUT2D eigenvalue weighted by Crippen LogP contribution is 2.40. The topological polar surface area (TPSA) is 23.6 Å². The molecular formula is C15H24N2O. The van der Waals surface area contributed by atoms with Gasteiger partial charge in [-0.05, 0) is 38.8 Å². The fraction of sp³-hybridized carbons (Fsp3) is 0.933. The highest BCUT2D eigenvalue weighted by atomic mass is 16.1. The van der Waals surface area contributed by atoms with Crippen LogP contribution in [0.5, 0.6) is 0 Å². The van der Waals surface area contributed by atoms with Crippen molar-refractivity contribution in [2.75, 3.05) is 26.2 Å². The van der Waals surface area contributed by atoms with Gasteiger partial charge >= 0.3 is 0 Å². The van der Waals surface area contributed by atoms with Gasteiger partial charge in [-0.25, -0.2) is 0 Å². The van der Waals surface area contributed by atoms with Crippen LogP contribution < -0.4 is 0 Å². The minimum Gasteiger partial charge on any atom is -0.299 e. The summed E-state index contributed by atoms with van der Waals surface area (Å²) in [4.78, 5) is 18.0. The minimum atomic E-state index is 0.346. The monoisotopic (exact) mass is 248 g/mol. The third-order valence-corrected chi connectivity index (χ3v) is 5.85. The predicted octanol–water partition coefficient (Wildman–Crippen LogP) is 1.52. The van der Waals surface area contributed by atoms with Crippen molar-refractivity contribution < 1.29 is 4.79 Å². The zero-order valence-electron chi connectivity index (χ0n) is 11.2. The first kappa shape index (κ1) is 11.4. The van der Waals surface area contributed by atoms with Crippen molar-refractivity contribution in [1.29, 1.82) is 0 Å². The second kappa shape index (κ2) is 4.31. The van der Waals surface area contributed by atoms with E-state index in [9.17, 15) is 4.79 Å². The maximum atomic E-state index is 12.7. The lowest BCUT2D eigenvalue weighted by atomic mass is 9.70. The summed E-state index contributed by atoms with van der Waals surface area (Å²) in [6, 6.07) is 1.18. The van der Waals surface area contributed by atoms with E-state index in [0.717, 1.165) is 13.1 Å². The Morgan fingerprint density at radius 1 is 0.778 bits per heavy atom. The second-order valence-electron chi connectivity index (χ2n) is 6.73. The zero-order valence-corrected chi connectivity index (χ0v) is 11.2. The van der Waals surface area contributed by atoms with Gasteiger partial charge in [-0.3, -0.25) is 14.6 Å². The summed E-state index contributed by atoms with van der Waals surface area (Å²) in [6.07, 6.45) is 7.89. The lowest BCUT2D eigenvalue weighted by molar-refractivity contribution is -0.150. The third kappa shape index (κ3) is 1.60. The Kier molecular flexibility index (Phi) is 2.73. The molecule has 3 nitrogen and oxygen atoms in total. The third-order valence-electron chi connectivity index (χ3n) is 5.85. The molecule has 0 aromatic rings. The summed E-state index contributed by atoms with van der Waals surface area (Å²) in [5, 5.41) is 0. The molecule has 4 unspecified atom stereocenters. The quantitative estimate of drug-likeness (QED) is 0.649. The first-order valence-electron chi connectivity index (χ1n) is 7.86. The van der Waals surface area contributed by atoms with Crippen LogP contribution in [0.3, 0.4) is 0 Å². The molecule has 4 fully saturated rings. The first-order valence-corrected chi connectivity index (χ1v) is 7.86. The lowest BCUT2D eigenvalue weighted by Crippen LogP contribution is -2.67. The molecule has 2 bridgehead atoms. The average molecular weight is 248 g/mol. The molecule has 0 radical (unpaired) electrons. The summed E-state index contributed by atoms with van der Waals surface area (Å²) in [5.74, 6) is 1.32. The van der Waals surface area contributed by atoms with Gasteiger partial charge in [0, 0.05) is 37.0 Å². The molecular weight excluding hydrogens is 224 g/mol. The van der Waals surface area contributed by atoms with E-state index in [0.29, 0.717) is 29.7 Å². The number of ketones is 1. The van der Waals surface area contributed by atoms with Gasteiger partial charge in [0.15, 0.2) is 0 Å². The summed E-state index contributed by atoms with van der Waals surface area (Å²) < 4.78 is 0. The van der Waals surface area contributed by atoms with Crippen LogP contribution in [0, 0.1) is 11.8 Å². The number of carbonyl (C=O) groups excluding carboxylic acids is 1. The number of piperidine rings is 4. The molecule has 0 amide bonds. The maximum absolute atomic E-state index is 12.7. The van der Waals surface area contributed by atoms with Crippen molar-refractivity contribution in [3.63, 3.8) is 0 Å². The summed E-state index contributed by atoms with van der Waals surface area (Å²) >= 11 is 0. The Bertz CT molecular complexity index is 324. The summed E-state index contributed by atoms with van der Waals surface area (Å²) in [6.45, 7) is 4.64. The number of Topliss-reactive ketones (excluding diaryl/α,β-unsaturated/α-hetero) is 1. The van der Waals surface area contributed by atoms with Crippen molar-refractivity contribution in [2.45, 2.75) is 50.6 Å². The largest absolute Gasteiger partial charge is 0.299 e. The van der Waals surface area contributed by atoms with Crippen molar-refractivity contribution in [3.05, 3.63) is 0 Å². The minimum absolute atomic E-state index is 0.346. The Balaban J connectivity index is 1.63. The van der Waals surface area contributed by atoms with Crippen LogP contribution in [0.15, 0.2) is 0 Å². The van der Waals surface area contributed by atoms with E-state index >= 15 is 0 Å². The fourth-order valence-electron chi connectivity index (χ4n) is 4.98.